The van der Waals surface area contributed by atoms with Gasteiger partial charge in [-0.3, -0.25) is 0 Å². The molecule has 0 unspecified atom stereocenters. The molecule has 2 aliphatic rings. The number of aliphatic hydroxyl groups excluding tert-OH is 1. The Bertz CT molecular complexity index is 905. The van der Waals surface area contributed by atoms with Crippen molar-refractivity contribution in [1.82, 2.24) is 0 Å². The van der Waals surface area contributed by atoms with Gasteiger partial charge in [0.2, 0.25) is 0 Å². The van der Waals surface area contributed by atoms with E-state index in [9.17, 15) is 18.3 Å². The fraction of sp³-hybridized carbons (Fsp3) is 0.548. The molecule has 1 aromatic rings. The van der Waals surface area contributed by atoms with Crippen LogP contribution in [0.25, 0.3) is 0 Å². The second kappa shape index (κ2) is 15.1. The minimum Gasteiger partial charge on any atom is -0.494 e. The predicted molar refractivity (Wildman–Crippen MR) is 142 cm³/mol. The van der Waals surface area contributed by atoms with E-state index in [1.54, 1.807) is 12.1 Å². The number of aliphatic hydroxyl groups is 1. The van der Waals surface area contributed by atoms with E-state index in [4.69, 9.17) is 4.74 Å². The minimum absolute atomic E-state index is 0.00647. The van der Waals surface area contributed by atoms with Gasteiger partial charge in [0.05, 0.1) is 13.2 Å². The Balaban J connectivity index is 0.00000106. The maximum Gasteiger partial charge on any atom is 0.164 e. The van der Waals surface area contributed by atoms with Crippen molar-refractivity contribution < 1.29 is 23.0 Å². The molecule has 0 amide bonds. The number of allylic oxidation sites excluding steroid dienone is 4. The molecule has 0 aliphatic heterocycles. The molecular formula is C31H43F3O2. The van der Waals surface area contributed by atoms with E-state index in [1.165, 1.54) is 13.2 Å². The standard InChI is InChI=1S/C27H35F3O2.C4H8/c1-17(16-25(28)18(2)32-3)4-5-19-6-8-20(9-7-19)23-14-15-24(27(30)26(23)29)21-10-12-22(31)13-11-21;1-3-4-2/h14-16,19-22,31H,1-2,4-13H2,3H3;3H,1,4H2,2H3/b25-16+;. The highest BCUT2D eigenvalue weighted by Crippen LogP contribution is 2.41. The highest BCUT2D eigenvalue weighted by atomic mass is 19.2. The summed E-state index contributed by atoms with van der Waals surface area (Å²) in [5.41, 5.74) is 1.65. The summed E-state index contributed by atoms with van der Waals surface area (Å²) in [6.07, 6.45) is 11.8. The second-order valence-corrected chi connectivity index (χ2v) is 10.1. The minimum atomic E-state index is -0.700. The number of ether oxygens (including phenoxy) is 1. The largest absolute Gasteiger partial charge is 0.494 e. The lowest BCUT2D eigenvalue weighted by Gasteiger charge is -2.30. The third-order valence-electron chi connectivity index (χ3n) is 7.57. The average molecular weight is 505 g/mol. The molecule has 0 radical (unpaired) electrons. The first kappa shape index (κ1) is 30.0. The van der Waals surface area contributed by atoms with Crippen LogP contribution >= 0.6 is 0 Å². The SMILES string of the molecule is C=C(/C=C(/F)C(=C)OC)CCC1CCC(c2ccc(C3CCC(O)CC3)c(F)c2F)CC1.C=CCC. The number of rotatable bonds is 9. The van der Waals surface area contributed by atoms with Crippen LogP contribution in [0, 0.1) is 17.6 Å². The van der Waals surface area contributed by atoms with Crippen LogP contribution < -0.4 is 0 Å². The number of benzene rings is 1. The van der Waals surface area contributed by atoms with Gasteiger partial charge in [0.15, 0.2) is 17.5 Å². The van der Waals surface area contributed by atoms with Gasteiger partial charge in [0.1, 0.15) is 5.76 Å². The smallest absolute Gasteiger partial charge is 0.164 e. The Morgan fingerprint density at radius 2 is 1.44 bits per heavy atom. The maximum absolute atomic E-state index is 14.9. The van der Waals surface area contributed by atoms with E-state index in [0.717, 1.165) is 38.5 Å². The Morgan fingerprint density at radius 1 is 0.972 bits per heavy atom. The van der Waals surface area contributed by atoms with Crippen LogP contribution in [0.4, 0.5) is 13.2 Å². The van der Waals surface area contributed by atoms with Crippen LogP contribution in [0.1, 0.15) is 101 Å². The average Bonchev–Trinajstić information content (AvgIpc) is 2.89. The molecule has 3 rings (SSSR count). The van der Waals surface area contributed by atoms with E-state index in [2.05, 4.69) is 26.7 Å². The molecule has 0 aromatic heterocycles. The van der Waals surface area contributed by atoms with Crippen molar-refractivity contribution in [2.24, 2.45) is 5.92 Å². The number of halogens is 3. The molecule has 200 valence electrons. The Labute approximate surface area is 215 Å². The van der Waals surface area contributed by atoms with Gasteiger partial charge in [-0.25, -0.2) is 13.2 Å². The van der Waals surface area contributed by atoms with Gasteiger partial charge in [-0.2, -0.15) is 0 Å². The van der Waals surface area contributed by atoms with Gasteiger partial charge >= 0.3 is 0 Å². The molecule has 2 fully saturated rings. The van der Waals surface area contributed by atoms with Gasteiger partial charge < -0.3 is 9.84 Å². The van der Waals surface area contributed by atoms with Gasteiger partial charge in [-0.1, -0.05) is 43.9 Å². The van der Waals surface area contributed by atoms with Crippen molar-refractivity contribution in [3.05, 3.63) is 83.9 Å². The van der Waals surface area contributed by atoms with Crippen molar-refractivity contribution in [2.45, 2.75) is 95.5 Å². The van der Waals surface area contributed by atoms with E-state index in [1.807, 2.05) is 6.08 Å². The van der Waals surface area contributed by atoms with Crippen LogP contribution in [-0.2, 0) is 4.74 Å². The maximum atomic E-state index is 14.9. The van der Waals surface area contributed by atoms with Gasteiger partial charge in [-0.05, 0) is 106 Å². The van der Waals surface area contributed by atoms with Gasteiger partial charge in [-0.15, -0.1) is 6.58 Å². The molecule has 36 heavy (non-hydrogen) atoms. The summed E-state index contributed by atoms with van der Waals surface area (Å²) in [7, 11) is 1.38. The summed E-state index contributed by atoms with van der Waals surface area (Å²) in [6, 6.07) is 3.54. The fourth-order valence-corrected chi connectivity index (χ4v) is 5.18. The van der Waals surface area contributed by atoms with Crippen LogP contribution in [0.15, 0.2) is 61.2 Å². The van der Waals surface area contributed by atoms with E-state index >= 15 is 0 Å². The van der Waals surface area contributed by atoms with Crippen LogP contribution in [0.5, 0.6) is 0 Å². The number of hydrogen-bond donors (Lipinski definition) is 1. The zero-order valence-electron chi connectivity index (χ0n) is 22.0. The first-order chi connectivity index (χ1) is 17.2. The molecule has 1 N–H and O–H groups in total. The summed E-state index contributed by atoms with van der Waals surface area (Å²) in [4.78, 5) is 0. The van der Waals surface area contributed by atoms with E-state index in [0.29, 0.717) is 54.7 Å². The van der Waals surface area contributed by atoms with E-state index < -0.39 is 17.5 Å². The topological polar surface area (TPSA) is 29.5 Å². The number of hydrogen-bond acceptors (Lipinski definition) is 2. The lowest BCUT2D eigenvalue weighted by atomic mass is 9.76. The molecule has 0 bridgehead atoms. The molecule has 0 atom stereocenters. The molecule has 0 spiro atoms. The Kier molecular flexibility index (Phi) is 12.6. The van der Waals surface area contributed by atoms with Crippen molar-refractivity contribution in [1.29, 1.82) is 0 Å². The van der Waals surface area contributed by atoms with Crippen LogP contribution in [0.2, 0.25) is 0 Å². The summed E-state index contributed by atoms with van der Waals surface area (Å²) in [5.74, 6) is -1.40. The number of methoxy groups -OCH3 is 1. The predicted octanol–water partition coefficient (Wildman–Crippen LogP) is 9.19. The molecule has 2 saturated carbocycles. The van der Waals surface area contributed by atoms with Crippen molar-refractivity contribution in [2.75, 3.05) is 7.11 Å². The normalized spacial score (nSPS) is 24.3. The Morgan fingerprint density at radius 3 is 1.89 bits per heavy atom. The zero-order chi connectivity index (χ0) is 26.7. The van der Waals surface area contributed by atoms with Gasteiger partial charge in [0, 0.05) is 0 Å². The fourth-order valence-electron chi connectivity index (χ4n) is 5.18. The zero-order valence-corrected chi connectivity index (χ0v) is 22.0. The quantitative estimate of drug-likeness (QED) is 0.206. The first-order valence-corrected chi connectivity index (χ1v) is 13.3. The molecule has 5 heteroatoms. The van der Waals surface area contributed by atoms with Crippen molar-refractivity contribution in [3.63, 3.8) is 0 Å². The molecule has 2 nitrogen and oxygen atoms in total. The monoisotopic (exact) mass is 504 g/mol. The lowest BCUT2D eigenvalue weighted by molar-refractivity contribution is 0.122. The third-order valence-corrected chi connectivity index (χ3v) is 7.57. The summed E-state index contributed by atoms with van der Waals surface area (Å²) >= 11 is 0. The molecule has 0 saturated heterocycles. The molecule has 0 heterocycles. The molecular weight excluding hydrogens is 461 g/mol. The Hall–Kier alpha value is -2.27. The third kappa shape index (κ3) is 8.69. The van der Waals surface area contributed by atoms with Crippen LogP contribution in [-0.4, -0.2) is 18.3 Å². The van der Waals surface area contributed by atoms with E-state index in [-0.39, 0.29) is 23.7 Å². The summed E-state index contributed by atoms with van der Waals surface area (Å²) in [6.45, 7) is 12.9. The summed E-state index contributed by atoms with van der Waals surface area (Å²) in [5, 5.41) is 9.67. The second-order valence-electron chi connectivity index (χ2n) is 10.1. The highest BCUT2D eigenvalue weighted by Gasteiger charge is 2.29. The highest BCUT2D eigenvalue weighted by molar-refractivity contribution is 5.32. The lowest BCUT2D eigenvalue weighted by Crippen LogP contribution is -2.19. The van der Waals surface area contributed by atoms with Gasteiger partial charge in [0.25, 0.3) is 0 Å². The van der Waals surface area contributed by atoms with Crippen LogP contribution in [0.3, 0.4) is 0 Å². The summed E-state index contributed by atoms with van der Waals surface area (Å²) < 4.78 is 48.4. The first-order valence-electron chi connectivity index (χ1n) is 13.3. The molecule has 1 aromatic carbocycles. The molecule has 2 aliphatic carbocycles. The van der Waals surface area contributed by atoms with Crippen molar-refractivity contribution >= 4 is 0 Å². The van der Waals surface area contributed by atoms with Crippen molar-refractivity contribution in [3.8, 4) is 0 Å².